The van der Waals surface area contributed by atoms with E-state index in [1.54, 1.807) is 11.9 Å². The quantitative estimate of drug-likeness (QED) is 0.635. The van der Waals surface area contributed by atoms with Crippen LogP contribution in [0, 0.1) is 12.0 Å². The number of carbonyl (C=O) groups excluding carboxylic acids is 1. The first-order valence-corrected chi connectivity index (χ1v) is 5.74. The number of rotatable bonds is 0. The number of ether oxygens (including phenoxy) is 1. The fraction of sp³-hybridized carbons (Fsp3) is 0.833. The third kappa shape index (κ3) is 4.09. The summed E-state index contributed by atoms with van der Waals surface area (Å²) in [4.78, 5) is 17.5. The van der Waals surface area contributed by atoms with Crippen LogP contribution in [-0.4, -0.2) is 36.7 Å². The zero-order valence-electron chi connectivity index (χ0n) is 10.6. The Hall–Kier alpha value is -1.24. The highest BCUT2D eigenvalue weighted by atomic mass is 16.6. The van der Waals surface area contributed by atoms with Gasteiger partial charge in [-0.3, -0.25) is 0 Å². The van der Waals surface area contributed by atoms with Crippen molar-refractivity contribution in [2.24, 2.45) is 5.92 Å². The molecule has 1 unspecified atom stereocenters. The molecule has 0 saturated carbocycles. The van der Waals surface area contributed by atoms with Gasteiger partial charge in [0.1, 0.15) is 11.5 Å². The lowest BCUT2D eigenvalue weighted by Crippen LogP contribution is -2.42. The minimum atomic E-state index is -0.424. The minimum Gasteiger partial charge on any atom is -0.444 e. The minimum absolute atomic E-state index is 0.227. The zero-order chi connectivity index (χ0) is 12.2. The second kappa shape index (κ2) is 5.20. The van der Waals surface area contributed by atoms with Gasteiger partial charge in [0.15, 0.2) is 0 Å². The Balaban J connectivity index is 2.52. The maximum Gasteiger partial charge on any atom is 0.410 e. The Labute approximate surface area is 97.4 Å². The molecule has 16 heavy (non-hydrogen) atoms. The molecule has 0 aromatic heterocycles. The zero-order valence-corrected chi connectivity index (χ0v) is 10.6. The van der Waals surface area contributed by atoms with Crippen LogP contribution in [-0.2, 0) is 4.74 Å². The normalized spacial score (nSPS) is 21.0. The number of piperidine rings is 1. The molecule has 1 aliphatic heterocycles. The van der Waals surface area contributed by atoms with E-state index in [0.29, 0.717) is 6.54 Å². The summed E-state index contributed by atoms with van der Waals surface area (Å²) in [5, 5.41) is 0. The fourth-order valence-electron chi connectivity index (χ4n) is 1.76. The largest absolute Gasteiger partial charge is 0.444 e. The van der Waals surface area contributed by atoms with E-state index in [2.05, 4.69) is 10.9 Å². The SMILES string of the molecule is C[N+]#CC1CCCN(C(=O)OC(C)(C)C)C1. The first-order chi connectivity index (χ1) is 7.42. The van der Waals surface area contributed by atoms with E-state index in [4.69, 9.17) is 4.74 Å². The molecule has 0 bridgehead atoms. The van der Waals surface area contributed by atoms with Crippen molar-refractivity contribution in [3.05, 3.63) is 4.85 Å². The van der Waals surface area contributed by atoms with Crippen molar-refractivity contribution >= 4 is 6.09 Å². The molecule has 1 fully saturated rings. The fourth-order valence-corrected chi connectivity index (χ4v) is 1.76. The molecule has 0 aromatic carbocycles. The summed E-state index contributed by atoms with van der Waals surface area (Å²) in [6, 6.07) is 3.01. The van der Waals surface area contributed by atoms with Crippen molar-refractivity contribution in [3.63, 3.8) is 0 Å². The first-order valence-electron chi connectivity index (χ1n) is 5.74. The average molecular weight is 225 g/mol. The smallest absolute Gasteiger partial charge is 0.410 e. The van der Waals surface area contributed by atoms with Gasteiger partial charge in [-0.2, -0.15) is 0 Å². The van der Waals surface area contributed by atoms with Crippen molar-refractivity contribution < 1.29 is 9.53 Å². The summed E-state index contributed by atoms with van der Waals surface area (Å²) in [5.41, 5.74) is -0.424. The predicted octanol–water partition coefficient (Wildman–Crippen LogP) is 2.60. The average Bonchev–Trinajstić information content (AvgIpc) is 2.16. The van der Waals surface area contributed by atoms with E-state index in [0.717, 1.165) is 19.4 Å². The lowest BCUT2D eigenvalue weighted by atomic mass is 10.0. The maximum atomic E-state index is 11.8. The third-order valence-corrected chi connectivity index (χ3v) is 2.38. The van der Waals surface area contributed by atoms with Crippen LogP contribution in [0.5, 0.6) is 0 Å². The maximum absolute atomic E-state index is 11.8. The standard InChI is InChI=1S/C12H21N2O2/c1-12(2,3)16-11(15)14-7-5-6-10(9-14)8-13-4/h10H,5-7,9H2,1-4H3/q+1. The summed E-state index contributed by atoms with van der Waals surface area (Å²) in [6.07, 6.45) is 1.82. The first kappa shape index (κ1) is 12.8. The Bertz CT molecular complexity index is 309. The molecule has 0 spiro atoms. The van der Waals surface area contributed by atoms with E-state index >= 15 is 0 Å². The number of hydrogen-bond donors (Lipinski definition) is 0. The Morgan fingerprint density at radius 3 is 2.75 bits per heavy atom. The summed E-state index contributed by atoms with van der Waals surface area (Å²) in [5.74, 6) is 0.256. The van der Waals surface area contributed by atoms with Crippen LogP contribution in [0.2, 0.25) is 0 Å². The predicted molar refractivity (Wildman–Crippen MR) is 63.7 cm³/mol. The Kier molecular flexibility index (Phi) is 4.17. The van der Waals surface area contributed by atoms with Crippen LogP contribution in [0.4, 0.5) is 4.79 Å². The lowest BCUT2D eigenvalue weighted by molar-refractivity contribution is 0.0190. The van der Waals surface area contributed by atoms with Crippen LogP contribution in [0.1, 0.15) is 33.6 Å². The van der Waals surface area contributed by atoms with Gasteiger partial charge in [-0.05, 0) is 33.6 Å². The molecule has 1 rings (SSSR count). The second-order valence-electron chi connectivity index (χ2n) is 5.12. The van der Waals surface area contributed by atoms with Crippen LogP contribution < -0.4 is 0 Å². The van der Waals surface area contributed by atoms with Gasteiger partial charge in [-0.1, -0.05) is 4.85 Å². The molecule has 0 N–H and O–H groups in total. The molecule has 90 valence electrons. The third-order valence-electron chi connectivity index (χ3n) is 2.38. The summed E-state index contributed by atoms with van der Waals surface area (Å²) >= 11 is 0. The van der Waals surface area contributed by atoms with Crippen molar-refractivity contribution in [3.8, 4) is 6.07 Å². The molecule has 4 heteroatoms. The van der Waals surface area contributed by atoms with Gasteiger partial charge in [-0.15, -0.1) is 0 Å². The van der Waals surface area contributed by atoms with Crippen molar-refractivity contribution in [1.82, 2.24) is 4.90 Å². The van der Waals surface area contributed by atoms with Gasteiger partial charge in [0.25, 0.3) is 13.1 Å². The summed E-state index contributed by atoms with van der Waals surface area (Å²) < 4.78 is 5.33. The van der Waals surface area contributed by atoms with Crippen molar-refractivity contribution in [1.29, 1.82) is 0 Å². The molecule has 1 heterocycles. The van der Waals surface area contributed by atoms with Crippen LogP contribution in [0.15, 0.2) is 0 Å². The monoisotopic (exact) mass is 225 g/mol. The van der Waals surface area contributed by atoms with Gasteiger partial charge in [-0.25, -0.2) is 4.79 Å². The van der Waals surface area contributed by atoms with Crippen molar-refractivity contribution in [2.75, 3.05) is 20.1 Å². The van der Waals surface area contributed by atoms with E-state index in [1.165, 1.54) is 0 Å². The Morgan fingerprint density at radius 1 is 1.50 bits per heavy atom. The molecular formula is C12H21N2O2+. The number of likely N-dealkylation sites (tertiary alicyclic amines) is 1. The molecule has 1 amide bonds. The molecule has 0 radical (unpaired) electrons. The summed E-state index contributed by atoms with van der Waals surface area (Å²) in [6.45, 7) is 7.09. The number of amides is 1. The molecule has 4 nitrogen and oxygen atoms in total. The van der Waals surface area contributed by atoms with Gasteiger partial charge < -0.3 is 9.64 Å². The number of nitrogens with zero attached hydrogens (tertiary/aromatic N) is 2. The molecule has 0 aliphatic carbocycles. The number of hydrogen-bond acceptors (Lipinski definition) is 2. The molecule has 0 aromatic rings. The van der Waals surface area contributed by atoms with Gasteiger partial charge in [0.05, 0.1) is 0 Å². The number of carbonyl (C=O) groups is 1. The highest BCUT2D eigenvalue weighted by molar-refractivity contribution is 5.68. The second-order valence-corrected chi connectivity index (χ2v) is 5.12. The molecule has 1 atom stereocenters. The van der Waals surface area contributed by atoms with Gasteiger partial charge in [0, 0.05) is 13.1 Å². The van der Waals surface area contributed by atoms with Crippen LogP contribution in [0.25, 0.3) is 4.85 Å². The highest BCUT2D eigenvalue weighted by Crippen LogP contribution is 2.18. The van der Waals surface area contributed by atoms with E-state index in [1.807, 2.05) is 20.8 Å². The topological polar surface area (TPSA) is 33.9 Å². The van der Waals surface area contributed by atoms with Crippen LogP contribution in [0.3, 0.4) is 0 Å². The molecule has 1 aliphatic rings. The summed E-state index contributed by atoms with van der Waals surface area (Å²) in [7, 11) is 1.71. The highest BCUT2D eigenvalue weighted by Gasteiger charge is 2.28. The van der Waals surface area contributed by atoms with Gasteiger partial charge >= 0.3 is 6.09 Å². The van der Waals surface area contributed by atoms with Gasteiger partial charge in [0.2, 0.25) is 0 Å². The van der Waals surface area contributed by atoms with E-state index < -0.39 is 5.60 Å². The van der Waals surface area contributed by atoms with E-state index in [9.17, 15) is 4.79 Å². The molecule has 1 saturated heterocycles. The van der Waals surface area contributed by atoms with Crippen molar-refractivity contribution in [2.45, 2.75) is 39.2 Å². The van der Waals surface area contributed by atoms with E-state index in [-0.39, 0.29) is 12.0 Å². The lowest BCUT2D eigenvalue weighted by Gasteiger charge is -2.31. The molecular weight excluding hydrogens is 204 g/mol. The Morgan fingerprint density at radius 2 is 2.19 bits per heavy atom. The van der Waals surface area contributed by atoms with Crippen LogP contribution >= 0.6 is 0 Å².